The quantitative estimate of drug-likeness (QED) is 0.788. The Labute approximate surface area is 110 Å². The van der Waals surface area contributed by atoms with Crippen LogP contribution in [0.25, 0.3) is 0 Å². The molecule has 1 aromatic carbocycles. The number of hydrogen-bond donors (Lipinski definition) is 0. The lowest BCUT2D eigenvalue weighted by Gasteiger charge is -2.09. The Balaban J connectivity index is 2.42. The summed E-state index contributed by atoms with van der Waals surface area (Å²) < 4.78 is 11.5. The van der Waals surface area contributed by atoms with Crippen LogP contribution in [0.3, 0.4) is 0 Å². The van der Waals surface area contributed by atoms with Crippen LogP contribution in [0.1, 0.15) is 20.8 Å². The van der Waals surface area contributed by atoms with E-state index in [2.05, 4.69) is 0 Å². The molecule has 0 aliphatic carbocycles. The third-order valence-corrected chi connectivity index (χ3v) is 2.75. The number of carbonyl (C=O) groups is 2. The molecule has 1 heterocycles. The molecule has 0 atom stereocenters. The summed E-state index contributed by atoms with van der Waals surface area (Å²) in [6, 6.07) is 8.07. The average molecular weight is 259 g/mol. The maximum atomic E-state index is 12.3. The molecule has 0 N–H and O–H groups in total. The lowest BCUT2D eigenvalue weighted by molar-refractivity contribution is 0.0946. The predicted octanol–water partition coefficient (Wildman–Crippen LogP) is 2.01. The van der Waals surface area contributed by atoms with Gasteiger partial charge < -0.3 is 9.47 Å². The molecule has 0 radical (unpaired) electrons. The van der Waals surface area contributed by atoms with Crippen molar-refractivity contribution < 1.29 is 19.1 Å². The predicted molar refractivity (Wildman–Crippen MR) is 69.1 cm³/mol. The van der Waals surface area contributed by atoms with E-state index in [0.717, 1.165) is 0 Å². The molecular weight excluding hydrogens is 246 g/mol. The number of ether oxygens (including phenoxy) is 2. The topological polar surface area (TPSA) is 57.5 Å². The maximum absolute atomic E-state index is 12.3. The first-order chi connectivity index (χ1) is 9.21. The van der Waals surface area contributed by atoms with Gasteiger partial charge in [0.2, 0.25) is 0 Å². The fraction of sp³-hybridized carbons (Fsp3) is 0.143. The van der Waals surface area contributed by atoms with Crippen molar-refractivity contribution in [1.29, 1.82) is 0 Å². The second-order valence-electron chi connectivity index (χ2n) is 3.80. The highest BCUT2D eigenvalue weighted by atomic mass is 16.5. The highest BCUT2D eigenvalue weighted by Gasteiger charge is 2.14. The van der Waals surface area contributed by atoms with Crippen molar-refractivity contribution in [1.82, 2.24) is 4.57 Å². The minimum Gasteiger partial charge on any atom is -0.493 e. The van der Waals surface area contributed by atoms with E-state index in [1.165, 1.54) is 18.8 Å². The summed E-state index contributed by atoms with van der Waals surface area (Å²) >= 11 is 0. The van der Waals surface area contributed by atoms with Gasteiger partial charge in [-0.15, -0.1) is 0 Å². The number of benzene rings is 1. The van der Waals surface area contributed by atoms with Gasteiger partial charge in [-0.05, 0) is 30.3 Å². The van der Waals surface area contributed by atoms with Gasteiger partial charge in [-0.25, -0.2) is 0 Å². The Morgan fingerprint density at radius 1 is 1.16 bits per heavy atom. The molecule has 0 aliphatic heterocycles. The smallest absolute Gasteiger partial charge is 0.262 e. The normalized spacial score (nSPS) is 10.0. The number of aromatic nitrogens is 1. The fourth-order valence-corrected chi connectivity index (χ4v) is 1.78. The first-order valence-electron chi connectivity index (χ1n) is 5.60. The number of hydrogen-bond acceptors (Lipinski definition) is 4. The fourth-order valence-electron chi connectivity index (χ4n) is 1.78. The molecule has 5 heteroatoms. The molecule has 19 heavy (non-hydrogen) atoms. The van der Waals surface area contributed by atoms with E-state index >= 15 is 0 Å². The molecule has 5 nitrogen and oxygen atoms in total. The summed E-state index contributed by atoms with van der Waals surface area (Å²) in [5, 5.41) is 0. The number of methoxy groups -OCH3 is 2. The Bertz CT molecular complexity index is 616. The zero-order chi connectivity index (χ0) is 13.8. The van der Waals surface area contributed by atoms with Crippen molar-refractivity contribution in [2.75, 3.05) is 14.2 Å². The molecule has 0 saturated carbocycles. The van der Waals surface area contributed by atoms with Gasteiger partial charge >= 0.3 is 0 Å². The van der Waals surface area contributed by atoms with Gasteiger partial charge in [0.25, 0.3) is 5.91 Å². The second-order valence-corrected chi connectivity index (χ2v) is 3.80. The third kappa shape index (κ3) is 2.35. The van der Waals surface area contributed by atoms with E-state index in [9.17, 15) is 9.59 Å². The zero-order valence-corrected chi connectivity index (χ0v) is 10.6. The Morgan fingerprint density at radius 3 is 2.53 bits per heavy atom. The molecule has 0 spiro atoms. The summed E-state index contributed by atoms with van der Waals surface area (Å²) in [4.78, 5) is 23.1. The Kier molecular flexibility index (Phi) is 3.66. The number of aldehydes is 1. The van der Waals surface area contributed by atoms with Crippen LogP contribution in [-0.4, -0.2) is 31.0 Å². The van der Waals surface area contributed by atoms with Gasteiger partial charge in [-0.1, -0.05) is 0 Å². The average Bonchev–Trinajstić information content (AvgIpc) is 2.94. The van der Waals surface area contributed by atoms with Crippen LogP contribution in [0.4, 0.5) is 0 Å². The summed E-state index contributed by atoms with van der Waals surface area (Å²) in [5.41, 5.74) is 0.719. The standard InChI is InChI=1S/C14H13NO4/c1-18-12-6-5-10(8-13(12)19-2)14(17)15-7-3-4-11(15)9-16/h3-9H,1-2H3. The summed E-state index contributed by atoms with van der Waals surface area (Å²) in [6.45, 7) is 0. The second kappa shape index (κ2) is 5.39. The van der Waals surface area contributed by atoms with E-state index in [-0.39, 0.29) is 5.91 Å². The molecular formula is C14H13NO4. The maximum Gasteiger partial charge on any atom is 0.262 e. The molecule has 1 aromatic heterocycles. The lowest BCUT2D eigenvalue weighted by atomic mass is 10.2. The van der Waals surface area contributed by atoms with Crippen molar-refractivity contribution in [3.05, 3.63) is 47.8 Å². The van der Waals surface area contributed by atoms with Crippen molar-refractivity contribution >= 4 is 12.2 Å². The van der Waals surface area contributed by atoms with Crippen molar-refractivity contribution in [3.8, 4) is 11.5 Å². The van der Waals surface area contributed by atoms with Crippen LogP contribution in [0, 0.1) is 0 Å². The Hall–Kier alpha value is -2.56. The van der Waals surface area contributed by atoms with E-state index in [4.69, 9.17) is 9.47 Å². The van der Waals surface area contributed by atoms with E-state index in [1.54, 1.807) is 36.5 Å². The largest absolute Gasteiger partial charge is 0.493 e. The minimum atomic E-state index is -0.298. The van der Waals surface area contributed by atoms with E-state index < -0.39 is 0 Å². The highest BCUT2D eigenvalue weighted by Crippen LogP contribution is 2.27. The van der Waals surface area contributed by atoms with Gasteiger partial charge in [0.1, 0.15) is 0 Å². The van der Waals surface area contributed by atoms with Gasteiger partial charge in [-0.3, -0.25) is 14.2 Å². The van der Waals surface area contributed by atoms with Crippen molar-refractivity contribution in [3.63, 3.8) is 0 Å². The van der Waals surface area contributed by atoms with Gasteiger partial charge in [0.15, 0.2) is 17.8 Å². The van der Waals surface area contributed by atoms with Crippen LogP contribution >= 0.6 is 0 Å². The molecule has 0 amide bonds. The van der Waals surface area contributed by atoms with Crippen molar-refractivity contribution in [2.45, 2.75) is 0 Å². The summed E-state index contributed by atoms with van der Waals surface area (Å²) in [6.07, 6.45) is 2.18. The Morgan fingerprint density at radius 2 is 1.89 bits per heavy atom. The monoisotopic (exact) mass is 259 g/mol. The van der Waals surface area contributed by atoms with Gasteiger partial charge in [0.05, 0.1) is 19.9 Å². The molecule has 2 aromatic rings. The first-order valence-corrected chi connectivity index (χ1v) is 5.60. The number of rotatable bonds is 4. The number of carbonyl (C=O) groups excluding carboxylic acids is 2. The summed E-state index contributed by atoms with van der Waals surface area (Å²) in [7, 11) is 3.02. The summed E-state index contributed by atoms with van der Waals surface area (Å²) in [5.74, 6) is 0.711. The molecule has 0 unspecified atom stereocenters. The van der Waals surface area contributed by atoms with Gasteiger partial charge in [-0.2, -0.15) is 0 Å². The molecule has 0 fully saturated rings. The van der Waals surface area contributed by atoms with E-state index in [0.29, 0.717) is 29.0 Å². The van der Waals surface area contributed by atoms with Gasteiger partial charge in [0, 0.05) is 11.8 Å². The third-order valence-electron chi connectivity index (χ3n) is 2.75. The minimum absolute atomic E-state index is 0.298. The van der Waals surface area contributed by atoms with Crippen LogP contribution in [-0.2, 0) is 0 Å². The molecule has 0 aliphatic rings. The SMILES string of the molecule is COc1ccc(C(=O)n2cccc2C=O)cc1OC. The molecule has 2 rings (SSSR count). The van der Waals surface area contributed by atoms with E-state index in [1.807, 2.05) is 0 Å². The van der Waals surface area contributed by atoms with Crippen LogP contribution in [0.5, 0.6) is 11.5 Å². The van der Waals surface area contributed by atoms with Crippen molar-refractivity contribution in [2.24, 2.45) is 0 Å². The molecule has 0 bridgehead atoms. The lowest BCUT2D eigenvalue weighted by Crippen LogP contribution is -2.13. The first kappa shape index (κ1) is 12.9. The van der Waals surface area contributed by atoms with Crippen LogP contribution in [0.15, 0.2) is 36.5 Å². The number of nitrogens with zero attached hydrogens (tertiary/aromatic N) is 1. The highest BCUT2D eigenvalue weighted by molar-refractivity contribution is 5.99. The molecule has 0 saturated heterocycles. The van der Waals surface area contributed by atoms with Crippen LogP contribution < -0.4 is 9.47 Å². The van der Waals surface area contributed by atoms with Crippen LogP contribution in [0.2, 0.25) is 0 Å². The zero-order valence-electron chi connectivity index (χ0n) is 10.6. The molecule has 98 valence electrons.